The van der Waals surface area contributed by atoms with Crippen LogP contribution in [-0.4, -0.2) is 92.4 Å². The number of piperidine rings is 1. The summed E-state index contributed by atoms with van der Waals surface area (Å²) < 4.78 is 6.92. The minimum absolute atomic E-state index is 0.0348. The van der Waals surface area contributed by atoms with Crippen LogP contribution in [0.2, 0.25) is 18.6 Å². The summed E-state index contributed by atoms with van der Waals surface area (Å²) in [4.78, 5) is 61.9. The molecule has 0 unspecified atom stereocenters. The van der Waals surface area contributed by atoms with Crippen LogP contribution in [0.5, 0.6) is 0 Å². The van der Waals surface area contributed by atoms with Crippen molar-refractivity contribution < 1.29 is 29.0 Å². The number of anilines is 3. The molecule has 12 heteroatoms. The van der Waals surface area contributed by atoms with Crippen molar-refractivity contribution in [1.29, 1.82) is 0 Å². The van der Waals surface area contributed by atoms with Gasteiger partial charge in [-0.25, -0.2) is 0 Å². The quantitative estimate of drug-likeness (QED) is 0.287. The maximum atomic E-state index is 14.5. The molecule has 11 nitrogen and oxygen atoms in total. The first-order chi connectivity index (χ1) is 24.4. The predicted molar refractivity (Wildman–Crippen MR) is 199 cm³/mol. The number of ether oxygens (including phenoxy) is 1. The number of carbonyl (C=O) groups is 3. The van der Waals surface area contributed by atoms with Crippen LogP contribution in [0.1, 0.15) is 37.3 Å². The van der Waals surface area contributed by atoms with Crippen LogP contribution in [-0.2, 0) is 31.3 Å². The smallest absolute Gasteiger partial charge is 0.264 e. The van der Waals surface area contributed by atoms with Gasteiger partial charge in [-0.3, -0.25) is 19.3 Å². The van der Waals surface area contributed by atoms with Crippen LogP contribution in [0.25, 0.3) is 0 Å². The number of aliphatic hydroxyl groups is 1. The van der Waals surface area contributed by atoms with Gasteiger partial charge in [0.1, 0.15) is 5.54 Å². The van der Waals surface area contributed by atoms with E-state index in [1.165, 1.54) is 0 Å². The molecular weight excluding hydrogens is 663 g/mol. The molecule has 0 aromatic heterocycles. The molecule has 51 heavy (non-hydrogen) atoms. The van der Waals surface area contributed by atoms with Crippen LogP contribution >= 0.6 is 0 Å². The van der Waals surface area contributed by atoms with Gasteiger partial charge in [0.25, 0.3) is 11.8 Å². The first kappa shape index (κ1) is 35.3. The second-order valence-corrected chi connectivity index (χ2v) is 19.0. The molecule has 3 aromatic rings. The van der Waals surface area contributed by atoms with E-state index in [1.807, 2.05) is 104 Å². The number of carbonyl (C=O) groups excluding carboxylic acids is 3. The monoisotopic (exact) mass is 711 g/mol. The summed E-state index contributed by atoms with van der Waals surface area (Å²) in [5.74, 6) is -0.883. The number of para-hydroxylation sites is 1. The largest absolute Gasteiger partial charge is 0.432 e. The van der Waals surface area contributed by atoms with E-state index in [0.29, 0.717) is 43.0 Å². The van der Waals surface area contributed by atoms with Crippen molar-refractivity contribution in [2.75, 3.05) is 54.7 Å². The Kier molecular flexibility index (Phi) is 9.34. The summed E-state index contributed by atoms with van der Waals surface area (Å²) in [6.07, 6.45) is 0.583. The van der Waals surface area contributed by atoms with Crippen molar-refractivity contribution in [3.05, 3.63) is 90.0 Å². The number of nitrogens with one attached hydrogen (secondary N) is 1. The third kappa shape index (κ3) is 5.86. The van der Waals surface area contributed by atoms with Crippen LogP contribution < -0.4 is 20.0 Å². The molecule has 3 N–H and O–H groups in total. The number of benzene rings is 3. The number of amides is 3. The minimum atomic E-state index is -3.03. The standard InChI is InChI=1S/C39H49N5O6Si/c1-27-35(51(3,4)49)33(24-34(46)42(21-22-45)25-28-11-7-5-8-12-28)50-39(27)31-23-30(15-16-32(31)41(2)37(39)48)43-26-44(29-13-9-6-10-14-29)38(36(43)47)17-19-40-20-18-38/h5-16,23,27,33,35,40,45,49H,17-22,24-26H2,1-4H3/t27-,33+,35-,39+/m0/s1. The fraction of sp³-hybridized carbons (Fsp3) is 0.462. The van der Waals surface area contributed by atoms with Crippen LogP contribution in [0.3, 0.4) is 0 Å². The highest BCUT2D eigenvalue weighted by atomic mass is 28.4. The summed E-state index contributed by atoms with van der Waals surface area (Å²) in [6.45, 7) is 7.76. The highest BCUT2D eigenvalue weighted by Crippen LogP contribution is 2.60. The Morgan fingerprint density at radius 1 is 0.980 bits per heavy atom. The van der Waals surface area contributed by atoms with E-state index in [9.17, 15) is 24.3 Å². The van der Waals surface area contributed by atoms with Gasteiger partial charge in [-0.1, -0.05) is 55.5 Å². The van der Waals surface area contributed by atoms with Gasteiger partial charge in [0.05, 0.1) is 31.5 Å². The van der Waals surface area contributed by atoms with Gasteiger partial charge >= 0.3 is 0 Å². The van der Waals surface area contributed by atoms with Gasteiger partial charge in [-0.05, 0) is 74.9 Å². The molecule has 3 fully saturated rings. The number of aliphatic hydroxyl groups excluding tert-OH is 1. The van der Waals surface area contributed by atoms with Crippen LogP contribution in [0.4, 0.5) is 17.1 Å². The number of fused-ring (bicyclic) bond motifs is 2. The second kappa shape index (κ2) is 13.5. The van der Waals surface area contributed by atoms with Gasteiger partial charge in [0.2, 0.25) is 5.91 Å². The lowest BCUT2D eigenvalue weighted by atomic mass is 9.82. The summed E-state index contributed by atoms with van der Waals surface area (Å²) in [5, 5.41) is 13.3. The average molecular weight is 712 g/mol. The van der Waals surface area contributed by atoms with Gasteiger partial charge in [-0.2, -0.15) is 0 Å². The SMILES string of the molecule is C[C@H]1[C@H]([Si](C)(C)O)[C@@H](CC(=O)N(CCO)Cc2ccccc2)O[C@]12C(=O)N(C)c1ccc(N3CN(c4ccccc4)C4(CCNCC4)C3=O)cc12. The maximum absolute atomic E-state index is 14.5. The van der Waals surface area contributed by atoms with E-state index in [0.717, 1.165) is 24.3 Å². The van der Waals surface area contributed by atoms with Crippen LogP contribution in [0.15, 0.2) is 78.9 Å². The lowest BCUT2D eigenvalue weighted by Gasteiger charge is -2.39. The van der Waals surface area contributed by atoms with Crippen molar-refractivity contribution >= 4 is 43.1 Å². The van der Waals surface area contributed by atoms with Gasteiger partial charge in [0.15, 0.2) is 13.9 Å². The Labute approximate surface area is 300 Å². The number of hydrogen-bond acceptors (Lipinski definition) is 8. The first-order valence-electron chi connectivity index (χ1n) is 18.0. The zero-order valence-electron chi connectivity index (χ0n) is 29.9. The molecule has 0 aliphatic carbocycles. The van der Waals surface area contributed by atoms with Crippen molar-refractivity contribution in [2.24, 2.45) is 5.92 Å². The lowest BCUT2D eigenvalue weighted by molar-refractivity contribution is -0.149. The molecule has 0 radical (unpaired) electrons. The van der Waals surface area contributed by atoms with Gasteiger partial charge in [0, 0.05) is 48.5 Å². The van der Waals surface area contributed by atoms with E-state index >= 15 is 0 Å². The molecule has 3 amide bonds. The number of likely N-dealkylation sites (N-methyl/N-ethyl adjacent to an activating group) is 1. The van der Waals surface area contributed by atoms with Crippen molar-refractivity contribution in [3.8, 4) is 0 Å². The zero-order valence-corrected chi connectivity index (χ0v) is 30.9. The van der Waals surface area contributed by atoms with E-state index in [-0.39, 0.29) is 37.3 Å². The molecule has 0 saturated carbocycles. The molecule has 3 saturated heterocycles. The molecule has 0 bridgehead atoms. The maximum Gasteiger partial charge on any atom is 0.264 e. The number of rotatable bonds is 9. The minimum Gasteiger partial charge on any atom is -0.432 e. The van der Waals surface area contributed by atoms with E-state index < -0.39 is 37.0 Å². The highest BCUT2D eigenvalue weighted by Gasteiger charge is 2.66. The van der Waals surface area contributed by atoms with Crippen molar-refractivity contribution in [1.82, 2.24) is 10.2 Å². The Morgan fingerprint density at radius 3 is 2.29 bits per heavy atom. The molecule has 270 valence electrons. The molecular formula is C39H49N5O6Si. The highest BCUT2D eigenvalue weighted by molar-refractivity contribution is 6.71. The number of nitrogens with zero attached hydrogens (tertiary/aromatic N) is 4. The first-order valence-corrected chi connectivity index (χ1v) is 21.1. The molecule has 4 aliphatic rings. The third-order valence-corrected chi connectivity index (χ3v) is 14.2. The second-order valence-electron chi connectivity index (χ2n) is 15.1. The summed E-state index contributed by atoms with van der Waals surface area (Å²) in [6, 6.07) is 25.4. The molecule has 4 heterocycles. The third-order valence-electron chi connectivity index (χ3n) is 11.7. The van der Waals surface area contributed by atoms with Gasteiger partial charge < -0.3 is 34.7 Å². The summed E-state index contributed by atoms with van der Waals surface area (Å²) in [5.41, 5.74) is 1.38. The topological polar surface area (TPSA) is 126 Å². The normalized spacial score (nSPS) is 25.7. The van der Waals surface area contributed by atoms with Crippen molar-refractivity contribution in [3.63, 3.8) is 0 Å². The molecule has 3 aromatic carbocycles. The predicted octanol–water partition coefficient (Wildman–Crippen LogP) is 3.80. The Bertz CT molecular complexity index is 1780. The van der Waals surface area contributed by atoms with Crippen LogP contribution in [0, 0.1) is 5.92 Å². The lowest BCUT2D eigenvalue weighted by Crippen LogP contribution is -2.55. The van der Waals surface area contributed by atoms with Gasteiger partial charge in [-0.15, -0.1) is 0 Å². The Balaban J connectivity index is 1.24. The molecule has 4 aliphatic heterocycles. The fourth-order valence-electron chi connectivity index (χ4n) is 9.22. The average Bonchev–Trinajstić information content (AvgIpc) is 3.66. The summed E-state index contributed by atoms with van der Waals surface area (Å²) in [7, 11) is -1.30. The fourth-order valence-corrected chi connectivity index (χ4v) is 11.8. The van der Waals surface area contributed by atoms with E-state index in [2.05, 4.69) is 10.2 Å². The zero-order chi connectivity index (χ0) is 36.1. The summed E-state index contributed by atoms with van der Waals surface area (Å²) >= 11 is 0. The van der Waals surface area contributed by atoms with Crippen molar-refractivity contribution in [2.45, 2.75) is 68.6 Å². The van der Waals surface area contributed by atoms with E-state index in [4.69, 9.17) is 4.74 Å². The Hall–Kier alpha value is -4.07. The Morgan fingerprint density at radius 2 is 1.65 bits per heavy atom. The van der Waals surface area contributed by atoms with E-state index in [1.54, 1.807) is 16.8 Å². The molecule has 7 rings (SSSR count). The molecule has 4 atom stereocenters. The molecule has 2 spiro atoms. The number of hydrogen-bond donors (Lipinski definition) is 3.